The maximum atomic E-state index is 11.7. The molecule has 0 atom stereocenters. The SMILES string of the molecule is COc1cccc2c1C(=C(C)C)C(=O)N2. The molecule has 1 aliphatic heterocycles. The van der Waals surface area contributed by atoms with Crippen LogP contribution in [0.4, 0.5) is 5.69 Å². The predicted molar refractivity (Wildman–Crippen MR) is 59.9 cm³/mol. The molecule has 3 heteroatoms. The van der Waals surface area contributed by atoms with Crippen LogP contribution in [0, 0.1) is 0 Å². The molecule has 0 aliphatic carbocycles. The fourth-order valence-corrected chi connectivity index (χ4v) is 1.84. The van der Waals surface area contributed by atoms with Crippen LogP contribution in [0.15, 0.2) is 23.8 Å². The van der Waals surface area contributed by atoms with Crippen LogP contribution in [0.25, 0.3) is 5.57 Å². The number of carbonyl (C=O) groups is 1. The number of carbonyl (C=O) groups excluding carboxylic acids is 1. The van der Waals surface area contributed by atoms with E-state index in [4.69, 9.17) is 4.74 Å². The fourth-order valence-electron chi connectivity index (χ4n) is 1.84. The summed E-state index contributed by atoms with van der Waals surface area (Å²) in [5.74, 6) is 0.691. The third-order valence-corrected chi connectivity index (χ3v) is 2.47. The number of benzene rings is 1. The van der Waals surface area contributed by atoms with Gasteiger partial charge in [0.25, 0.3) is 5.91 Å². The molecule has 1 amide bonds. The van der Waals surface area contributed by atoms with Crippen LogP contribution < -0.4 is 10.1 Å². The molecular formula is C12H13NO2. The molecule has 1 aromatic carbocycles. The zero-order valence-corrected chi connectivity index (χ0v) is 9.05. The Morgan fingerprint density at radius 3 is 2.67 bits per heavy atom. The third kappa shape index (κ3) is 1.40. The Labute approximate surface area is 88.8 Å². The summed E-state index contributed by atoms with van der Waals surface area (Å²) in [5, 5.41) is 2.83. The maximum absolute atomic E-state index is 11.7. The molecule has 0 saturated carbocycles. The van der Waals surface area contributed by atoms with Crippen LogP contribution in [0.2, 0.25) is 0 Å². The minimum absolute atomic E-state index is 0.0468. The average Bonchev–Trinajstić information content (AvgIpc) is 2.53. The Balaban J connectivity index is 2.71. The molecule has 0 radical (unpaired) electrons. The van der Waals surface area contributed by atoms with Gasteiger partial charge in [0, 0.05) is 0 Å². The summed E-state index contributed by atoms with van der Waals surface area (Å²) >= 11 is 0. The first kappa shape index (κ1) is 9.77. The number of fused-ring (bicyclic) bond motifs is 1. The van der Waals surface area contributed by atoms with Gasteiger partial charge in [-0.1, -0.05) is 11.6 Å². The van der Waals surface area contributed by atoms with Gasteiger partial charge in [0.2, 0.25) is 0 Å². The molecule has 2 rings (SSSR count). The lowest BCUT2D eigenvalue weighted by Gasteiger charge is -2.06. The van der Waals surface area contributed by atoms with Gasteiger partial charge in [-0.2, -0.15) is 0 Å². The van der Waals surface area contributed by atoms with Gasteiger partial charge in [-0.05, 0) is 26.0 Å². The lowest BCUT2D eigenvalue weighted by atomic mass is 10.0. The van der Waals surface area contributed by atoms with Gasteiger partial charge in [-0.15, -0.1) is 0 Å². The van der Waals surface area contributed by atoms with E-state index in [1.165, 1.54) is 0 Å². The average molecular weight is 203 g/mol. The lowest BCUT2D eigenvalue weighted by molar-refractivity contribution is -0.110. The van der Waals surface area contributed by atoms with Crippen molar-refractivity contribution in [3.8, 4) is 5.75 Å². The molecule has 1 N–H and O–H groups in total. The molecule has 15 heavy (non-hydrogen) atoms. The summed E-state index contributed by atoms with van der Waals surface area (Å²) in [4.78, 5) is 11.7. The molecule has 0 saturated heterocycles. The highest BCUT2D eigenvalue weighted by Crippen LogP contribution is 2.39. The molecule has 1 aromatic rings. The molecule has 0 aromatic heterocycles. The lowest BCUT2D eigenvalue weighted by Crippen LogP contribution is -2.04. The van der Waals surface area contributed by atoms with E-state index in [0.29, 0.717) is 0 Å². The van der Waals surface area contributed by atoms with E-state index in [-0.39, 0.29) is 5.91 Å². The summed E-state index contributed by atoms with van der Waals surface area (Å²) in [5.41, 5.74) is 3.43. The van der Waals surface area contributed by atoms with Gasteiger partial charge >= 0.3 is 0 Å². The molecule has 0 unspecified atom stereocenters. The van der Waals surface area contributed by atoms with Gasteiger partial charge in [0.1, 0.15) is 5.75 Å². The summed E-state index contributed by atoms with van der Waals surface area (Å²) in [7, 11) is 1.61. The van der Waals surface area contributed by atoms with Gasteiger partial charge in [0.15, 0.2) is 0 Å². The Bertz CT molecular complexity index is 457. The van der Waals surface area contributed by atoms with Gasteiger partial charge < -0.3 is 10.1 Å². The van der Waals surface area contributed by atoms with Gasteiger partial charge in [0.05, 0.1) is 23.9 Å². The first-order chi connectivity index (χ1) is 7.15. The number of allylic oxidation sites excluding steroid dienone is 1. The van der Waals surface area contributed by atoms with Gasteiger partial charge in [-0.25, -0.2) is 0 Å². The molecule has 78 valence electrons. The zero-order valence-electron chi connectivity index (χ0n) is 9.05. The number of ether oxygens (including phenoxy) is 1. The van der Waals surface area contributed by atoms with Crippen molar-refractivity contribution in [2.24, 2.45) is 0 Å². The van der Waals surface area contributed by atoms with Crippen LogP contribution in [0.3, 0.4) is 0 Å². The van der Waals surface area contributed by atoms with E-state index in [0.717, 1.165) is 28.1 Å². The molecule has 1 aliphatic rings. The monoisotopic (exact) mass is 203 g/mol. The molecule has 1 heterocycles. The number of methoxy groups -OCH3 is 1. The zero-order chi connectivity index (χ0) is 11.0. The van der Waals surface area contributed by atoms with Crippen molar-refractivity contribution < 1.29 is 9.53 Å². The van der Waals surface area contributed by atoms with E-state index in [9.17, 15) is 4.79 Å². The highest BCUT2D eigenvalue weighted by molar-refractivity contribution is 6.32. The molecule has 0 fully saturated rings. The van der Waals surface area contributed by atoms with Crippen LogP contribution >= 0.6 is 0 Å². The van der Waals surface area contributed by atoms with Crippen molar-refractivity contribution in [1.82, 2.24) is 0 Å². The number of hydrogen-bond acceptors (Lipinski definition) is 2. The standard InChI is InChI=1S/C12H13NO2/c1-7(2)10-11-8(13-12(10)14)5-4-6-9(11)15-3/h4-6H,1-3H3,(H,13,14). The topological polar surface area (TPSA) is 38.3 Å². The quantitative estimate of drug-likeness (QED) is 0.712. The summed E-state index contributed by atoms with van der Waals surface area (Å²) in [6, 6.07) is 5.61. The smallest absolute Gasteiger partial charge is 0.256 e. The van der Waals surface area contributed by atoms with Crippen LogP contribution in [0.5, 0.6) is 5.75 Å². The Hall–Kier alpha value is -1.77. The number of nitrogens with one attached hydrogen (secondary N) is 1. The second-order valence-corrected chi connectivity index (χ2v) is 3.71. The fraction of sp³-hybridized carbons (Fsp3) is 0.250. The van der Waals surface area contributed by atoms with E-state index < -0.39 is 0 Å². The number of anilines is 1. The van der Waals surface area contributed by atoms with E-state index in [1.54, 1.807) is 7.11 Å². The predicted octanol–water partition coefficient (Wildman–Crippen LogP) is 2.44. The second kappa shape index (κ2) is 3.42. The van der Waals surface area contributed by atoms with Crippen molar-refractivity contribution in [3.63, 3.8) is 0 Å². The third-order valence-electron chi connectivity index (χ3n) is 2.47. The van der Waals surface area contributed by atoms with Gasteiger partial charge in [-0.3, -0.25) is 4.79 Å². The highest BCUT2D eigenvalue weighted by atomic mass is 16.5. The summed E-state index contributed by atoms with van der Waals surface area (Å²) in [6.45, 7) is 3.85. The first-order valence-electron chi connectivity index (χ1n) is 4.81. The Morgan fingerprint density at radius 2 is 2.07 bits per heavy atom. The number of rotatable bonds is 1. The first-order valence-corrected chi connectivity index (χ1v) is 4.81. The van der Waals surface area contributed by atoms with Crippen molar-refractivity contribution in [2.75, 3.05) is 12.4 Å². The Morgan fingerprint density at radius 1 is 1.33 bits per heavy atom. The van der Waals surface area contributed by atoms with Crippen molar-refractivity contribution >= 4 is 17.2 Å². The normalized spacial score (nSPS) is 13.5. The number of hydrogen-bond donors (Lipinski definition) is 1. The molecular weight excluding hydrogens is 190 g/mol. The van der Waals surface area contributed by atoms with Crippen molar-refractivity contribution in [3.05, 3.63) is 29.3 Å². The highest BCUT2D eigenvalue weighted by Gasteiger charge is 2.28. The van der Waals surface area contributed by atoms with E-state index in [2.05, 4.69) is 5.32 Å². The molecule has 3 nitrogen and oxygen atoms in total. The largest absolute Gasteiger partial charge is 0.496 e. The summed E-state index contributed by atoms with van der Waals surface area (Å²) < 4.78 is 5.26. The minimum atomic E-state index is -0.0468. The van der Waals surface area contributed by atoms with Crippen molar-refractivity contribution in [2.45, 2.75) is 13.8 Å². The van der Waals surface area contributed by atoms with Crippen LogP contribution in [-0.2, 0) is 4.79 Å². The van der Waals surface area contributed by atoms with Crippen LogP contribution in [-0.4, -0.2) is 13.0 Å². The summed E-state index contributed by atoms with van der Waals surface area (Å²) in [6.07, 6.45) is 0. The molecule has 0 bridgehead atoms. The maximum Gasteiger partial charge on any atom is 0.256 e. The van der Waals surface area contributed by atoms with E-state index >= 15 is 0 Å². The van der Waals surface area contributed by atoms with Crippen molar-refractivity contribution in [1.29, 1.82) is 0 Å². The Kier molecular flexibility index (Phi) is 2.23. The molecule has 0 spiro atoms. The van der Waals surface area contributed by atoms with E-state index in [1.807, 2.05) is 32.0 Å². The minimum Gasteiger partial charge on any atom is -0.496 e. The number of amides is 1. The van der Waals surface area contributed by atoms with Crippen LogP contribution in [0.1, 0.15) is 19.4 Å². The second-order valence-electron chi connectivity index (χ2n) is 3.71.